The molecule has 5 heteroatoms. The molecule has 0 amide bonds. The number of fused-ring (bicyclic) bond motifs is 8. The van der Waals surface area contributed by atoms with Crippen molar-refractivity contribution in [1.82, 2.24) is 19.5 Å². The fraction of sp³-hybridized carbons (Fsp3) is 0. The lowest BCUT2D eigenvalue weighted by molar-refractivity contribution is 0.668. The highest BCUT2D eigenvalue weighted by Crippen LogP contribution is 2.42. The molecule has 48 heavy (non-hydrogen) atoms. The van der Waals surface area contributed by atoms with E-state index in [1.54, 1.807) is 60.7 Å². The smallest absolute Gasteiger partial charge is 0.164 e. The molecular weight excluding hydrogens is 589 g/mol. The Morgan fingerprint density at radius 1 is 0.521 bits per heavy atom. The molecule has 3 heterocycles. The van der Waals surface area contributed by atoms with E-state index in [0.29, 0.717) is 11.1 Å². The minimum Gasteiger partial charge on any atom is -0.456 e. The third kappa shape index (κ3) is 4.08. The first-order valence-corrected chi connectivity index (χ1v) is 14.7. The van der Waals surface area contributed by atoms with Crippen molar-refractivity contribution in [3.05, 3.63) is 157 Å². The van der Waals surface area contributed by atoms with Crippen molar-refractivity contribution in [2.45, 2.75) is 0 Å². The van der Waals surface area contributed by atoms with Crippen molar-refractivity contribution < 1.29 is 26.3 Å². The Kier molecular flexibility index (Phi) is 3.35. The highest BCUT2D eigenvalue weighted by Gasteiger charge is 2.22. The number of para-hydroxylation sites is 2. The van der Waals surface area contributed by atoms with Gasteiger partial charge in [-0.25, -0.2) is 15.0 Å². The van der Waals surface area contributed by atoms with E-state index in [2.05, 4.69) is 0 Å². The van der Waals surface area contributed by atoms with Crippen LogP contribution in [0.3, 0.4) is 0 Å². The van der Waals surface area contributed by atoms with Crippen LogP contribution in [0, 0.1) is 0 Å². The van der Waals surface area contributed by atoms with Crippen LogP contribution in [0.15, 0.2) is 162 Å². The summed E-state index contributed by atoms with van der Waals surface area (Å²) in [4.78, 5) is 14.4. The monoisotopic (exact) mass is 630 g/mol. The van der Waals surface area contributed by atoms with E-state index < -0.39 is 119 Å². The molecular formula is C43H26N4O. The molecule has 224 valence electrons. The minimum atomic E-state index is -0.755. The van der Waals surface area contributed by atoms with Crippen molar-refractivity contribution in [2.24, 2.45) is 0 Å². The summed E-state index contributed by atoms with van der Waals surface area (Å²) in [6.45, 7) is 0. The van der Waals surface area contributed by atoms with Gasteiger partial charge in [0.2, 0.25) is 0 Å². The fourth-order valence-corrected chi connectivity index (χ4v) is 5.95. The fourth-order valence-electron chi connectivity index (χ4n) is 5.95. The van der Waals surface area contributed by atoms with Gasteiger partial charge < -0.3 is 8.98 Å². The molecule has 0 N–H and O–H groups in total. The molecule has 10 rings (SSSR count). The van der Waals surface area contributed by atoms with Crippen LogP contribution in [0.5, 0.6) is 0 Å². The molecule has 0 aliphatic rings. The van der Waals surface area contributed by atoms with Gasteiger partial charge in [-0.2, -0.15) is 0 Å². The first-order valence-electron chi connectivity index (χ1n) is 22.7. The molecule has 0 fully saturated rings. The second-order valence-corrected chi connectivity index (χ2v) is 10.8. The van der Waals surface area contributed by atoms with Gasteiger partial charge in [0.1, 0.15) is 11.2 Å². The molecule has 7 aromatic carbocycles. The van der Waals surface area contributed by atoms with E-state index in [4.69, 9.17) is 35.8 Å². The van der Waals surface area contributed by atoms with E-state index >= 15 is 0 Å². The van der Waals surface area contributed by atoms with Crippen molar-refractivity contribution in [1.29, 1.82) is 0 Å². The average Bonchev–Trinajstić information content (AvgIpc) is 3.87. The summed E-state index contributed by atoms with van der Waals surface area (Å²) >= 11 is 0. The topological polar surface area (TPSA) is 56.7 Å². The molecule has 10 aromatic rings. The summed E-state index contributed by atoms with van der Waals surface area (Å²) in [5.74, 6) is 0.0131. The molecule has 0 aliphatic carbocycles. The van der Waals surface area contributed by atoms with Gasteiger partial charge >= 0.3 is 0 Å². The Morgan fingerprint density at radius 2 is 1.15 bits per heavy atom. The molecule has 0 aliphatic heterocycles. The first-order chi connectivity index (χ1) is 30.5. The predicted molar refractivity (Wildman–Crippen MR) is 195 cm³/mol. The number of aromatic nitrogens is 4. The summed E-state index contributed by atoms with van der Waals surface area (Å²) in [5.41, 5.74) is -1.29. The molecule has 0 radical (unpaired) electrons. The Labute approximate surface area is 297 Å². The van der Waals surface area contributed by atoms with Crippen LogP contribution in [0.1, 0.15) is 21.9 Å². The number of rotatable bonds is 4. The first kappa shape index (κ1) is 15.3. The summed E-state index contributed by atoms with van der Waals surface area (Å²) in [6.07, 6.45) is 0. The van der Waals surface area contributed by atoms with Gasteiger partial charge in [0.15, 0.2) is 17.5 Å². The van der Waals surface area contributed by atoms with E-state index in [9.17, 15) is 5.48 Å². The van der Waals surface area contributed by atoms with Crippen LogP contribution in [-0.4, -0.2) is 19.5 Å². The quantitative estimate of drug-likeness (QED) is 0.194. The maximum absolute atomic E-state index is 10.2. The summed E-state index contributed by atoms with van der Waals surface area (Å²) in [5, 5.41) is -1.86. The Bertz CT molecular complexity index is 3690. The summed E-state index contributed by atoms with van der Waals surface area (Å²) in [7, 11) is 0. The standard InChI is InChI=1S/C43H26N4O/c1-3-14-28(15-4-1)41-44-42(29-16-5-2-6-17-29)46-43(45-41)35-25-30(26-38-39(35)34-20-10-12-22-37(34)48-38)47-36-21-11-9-19-32(36)33-24-23-27-13-7-8-18-31(27)40(33)47/h1-26H/i7D,8D,9D,10D,11D,12D,13D,18D,19D,20D,21D,22D,23D,24D,25D,26D. The Balaban J connectivity index is 1.52. The molecule has 5 nitrogen and oxygen atoms in total. The van der Waals surface area contributed by atoms with E-state index in [1.165, 1.54) is 0 Å². The number of furan rings is 1. The lowest BCUT2D eigenvalue weighted by atomic mass is 10.0. The van der Waals surface area contributed by atoms with Gasteiger partial charge in [0.05, 0.1) is 38.7 Å². The molecule has 0 unspecified atom stereocenters. The van der Waals surface area contributed by atoms with E-state index in [0.717, 1.165) is 4.57 Å². The van der Waals surface area contributed by atoms with Gasteiger partial charge in [0, 0.05) is 49.7 Å². The zero-order valence-corrected chi connectivity index (χ0v) is 24.5. The second kappa shape index (κ2) is 10.5. The zero-order chi connectivity index (χ0) is 45.5. The summed E-state index contributed by atoms with van der Waals surface area (Å²) in [6, 6.07) is 6.74. The SMILES string of the molecule is [2H]c1c([2H])c([2H])c2c(oc3c([2H])c(-n4c5c([2H])c([2H])c([2H])c([2H])c5c5c([2H])c([2H])c6c([2H])c([2H])c([2H])c([2H])c6c54)c([2H])c(-c4nc(-c5ccccc5)nc(-c5ccccc5)n4)c32)c1[2H]. The van der Waals surface area contributed by atoms with Gasteiger partial charge in [0.25, 0.3) is 0 Å². The van der Waals surface area contributed by atoms with Crippen LogP contribution >= 0.6 is 0 Å². The number of hydrogen-bond donors (Lipinski definition) is 0. The normalized spacial score (nSPS) is 16.4. The van der Waals surface area contributed by atoms with Crippen molar-refractivity contribution in [2.75, 3.05) is 0 Å². The maximum atomic E-state index is 10.2. The van der Waals surface area contributed by atoms with Crippen molar-refractivity contribution >= 4 is 54.5 Å². The highest BCUT2D eigenvalue weighted by atomic mass is 16.3. The summed E-state index contributed by atoms with van der Waals surface area (Å²) < 4.78 is 151. The molecule has 0 saturated carbocycles. The largest absolute Gasteiger partial charge is 0.456 e. The lowest BCUT2D eigenvalue weighted by Gasteiger charge is -2.13. The minimum absolute atomic E-state index is 0.123. The van der Waals surface area contributed by atoms with Gasteiger partial charge in [-0.05, 0) is 23.5 Å². The van der Waals surface area contributed by atoms with Crippen molar-refractivity contribution in [3.63, 3.8) is 0 Å². The molecule has 0 spiro atoms. The van der Waals surface area contributed by atoms with Crippen molar-refractivity contribution in [3.8, 4) is 39.9 Å². The number of hydrogen-bond acceptors (Lipinski definition) is 4. The zero-order valence-electron chi connectivity index (χ0n) is 40.5. The number of nitrogens with zero attached hydrogens (tertiary/aromatic N) is 4. The lowest BCUT2D eigenvalue weighted by Crippen LogP contribution is -2.01. The second-order valence-electron chi connectivity index (χ2n) is 10.8. The molecule has 0 atom stereocenters. The Morgan fingerprint density at radius 3 is 1.90 bits per heavy atom. The van der Waals surface area contributed by atoms with Crippen LogP contribution < -0.4 is 0 Å². The van der Waals surface area contributed by atoms with E-state index in [-0.39, 0.29) is 61.1 Å². The van der Waals surface area contributed by atoms with Crippen LogP contribution in [0.4, 0.5) is 0 Å². The van der Waals surface area contributed by atoms with Crippen LogP contribution in [-0.2, 0) is 0 Å². The average molecular weight is 631 g/mol. The highest BCUT2D eigenvalue weighted by molar-refractivity contribution is 6.19. The van der Waals surface area contributed by atoms with E-state index in [1.807, 2.05) is 0 Å². The molecule has 0 bridgehead atoms. The predicted octanol–water partition coefficient (Wildman–Crippen LogP) is 11.0. The Hall–Kier alpha value is -6.59. The third-order valence-electron chi connectivity index (χ3n) is 8.04. The van der Waals surface area contributed by atoms with Gasteiger partial charge in [-0.15, -0.1) is 0 Å². The maximum Gasteiger partial charge on any atom is 0.164 e. The van der Waals surface area contributed by atoms with Crippen LogP contribution in [0.2, 0.25) is 0 Å². The molecule has 3 aromatic heterocycles. The van der Waals surface area contributed by atoms with Crippen LogP contribution in [0.25, 0.3) is 94.4 Å². The van der Waals surface area contributed by atoms with Gasteiger partial charge in [-0.1, -0.05) is 133 Å². The third-order valence-corrected chi connectivity index (χ3v) is 8.04. The number of benzene rings is 7. The van der Waals surface area contributed by atoms with Gasteiger partial charge in [-0.3, -0.25) is 0 Å². The molecule has 0 saturated heterocycles.